The van der Waals surface area contributed by atoms with Gasteiger partial charge in [-0.3, -0.25) is 4.90 Å². The van der Waals surface area contributed by atoms with Gasteiger partial charge in [0.2, 0.25) is 0 Å². The molecule has 0 aromatic heterocycles. The molecule has 106 valence electrons. The van der Waals surface area contributed by atoms with Gasteiger partial charge in [-0.15, -0.1) is 0 Å². The van der Waals surface area contributed by atoms with Gasteiger partial charge in [-0.1, -0.05) is 30.3 Å². The van der Waals surface area contributed by atoms with Gasteiger partial charge >= 0.3 is 0 Å². The average Bonchev–Trinajstić information content (AvgIpc) is 2.47. The molecule has 0 aliphatic carbocycles. The zero-order valence-electron chi connectivity index (χ0n) is 12.4. The molecule has 1 fully saturated rings. The summed E-state index contributed by atoms with van der Waals surface area (Å²) in [6, 6.07) is 11.0. The minimum Gasteiger partial charge on any atom is -0.379 e. The van der Waals surface area contributed by atoms with Crippen LogP contribution in [0, 0.1) is 0 Å². The zero-order valence-corrected chi connectivity index (χ0v) is 12.4. The second kappa shape index (κ2) is 6.51. The van der Waals surface area contributed by atoms with Gasteiger partial charge in [0, 0.05) is 31.2 Å². The third kappa shape index (κ3) is 4.03. The Morgan fingerprint density at radius 2 is 1.84 bits per heavy atom. The quantitative estimate of drug-likeness (QED) is 0.882. The van der Waals surface area contributed by atoms with Gasteiger partial charge in [-0.05, 0) is 26.3 Å². The molecule has 0 amide bonds. The van der Waals surface area contributed by atoms with E-state index in [-0.39, 0.29) is 5.54 Å². The molecule has 0 bridgehead atoms. The molecule has 1 aliphatic rings. The first-order chi connectivity index (χ1) is 9.09. The first-order valence-corrected chi connectivity index (χ1v) is 7.21. The SMILES string of the molecule is CC(NCC(C)(C)N1CCOCC1)c1ccccc1. The molecule has 1 unspecified atom stereocenters. The monoisotopic (exact) mass is 262 g/mol. The van der Waals surface area contributed by atoms with Crippen LogP contribution in [0.1, 0.15) is 32.4 Å². The van der Waals surface area contributed by atoms with E-state index >= 15 is 0 Å². The lowest BCUT2D eigenvalue weighted by Crippen LogP contribution is -2.54. The Morgan fingerprint density at radius 3 is 2.47 bits per heavy atom. The van der Waals surface area contributed by atoms with Crippen LogP contribution in [0.2, 0.25) is 0 Å². The van der Waals surface area contributed by atoms with Crippen molar-refractivity contribution in [2.24, 2.45) is 0 Å². The fourth-order valence-electron chi connectivity index (χ4n) is 2.54. The van der Waals surface area contributed by atoms with Crippen molar-refractivity contribution < 1.29 is 4.74 Å². The van der Waals surface area contributed by atoms with Crippen molar-refractivity contribution in [3.63, 3.8) is 0 Å². The lowest BCUT2D eigenvalue weighted by atomic mass is 10.0. The van der Waals surface area contributed by atoms with Gasteiger partial charge in [-0.25, -0.2) is 0 Å². The molecule has 19 heavy (non-hydrogen) atoms. The summed E-state index contributed by atoms with van der Waals surface area (Å²) in [6.07, 6.45) is 0. The Kier molecular flexibility index (Phi) is 4.97. The highest BCUT2D eigenvalue weighted by Gasteiger charge is 2.28. The Bertz CT molecular complexity index is 372. The van der Waals surface area contributed by atoms with E-state index in [1.54, 1.807) is 0 Å². The van der Waals surface area contributed by atoms with Crippen LogP contribution in [-0.2, 0) is 4.74 Å². The number of rotatable bonds is 5. The predicted molar refractivity (Wildman–Crippen MR) is 79.3 cm³/mol. The normalized spacial score (nSPS) is 19.3. The summed E-state index contributed by atoms with van der Waals surface area (Å²) in [5, 5.41) is 3.65. The molecule has 1 aromatic rings. The van der Waals surface area contributed by atoms with E-state index in [4.69, 9.17) is 4.74 Å². The molecule has 1 N–H and O–H groups in total. The minimum atomic E-state index is 0.173. The topological polar surface area (TPSA) is 24.5 Å². The van der Waals surface area contributed by atoms with E-state index in [1.165, 1.54) is 5.56 Å². The number of hydrogen-bond donors (Lipinski definition) is 1. The van der Waals surface area contributed by atoms with Crippen LogP contribution >= 0.6 is 0 Å². The van der Waals surface area contributed by atoms with E-state index in [2.05, 4.69) is 61.3 Å². The van der Waals surface area contributed by atoms with Gasteiger partial charge in [0.05, 0.1) is 13.2 Å². The second-order valence-electron chi connectivity index (χ2n) is 5.93. The largest absolute Gasteiger partial charge is 0.379 e. The molecule has 3 nitrogen and oxygen atoms in total. The van der Waals surface area contributed by atoms with E-state index in [0.29, 0.717) is 6.04 Å². The molecule has 2 rings (SSSR count). The van der Waals surface area contributed by atoms with Crippen LogP contribution in [0.4, 0.5) is 0 Å². The molecule has 0 radical (unpaired) electrons. The molecule has 3 heteroatoms. The van der Waals surface area contributed by atoms with Crippen LogP contribution < -0.4 is 5.32 Å². The molecule has 0 spiro atoms. The van der Waals surface area contributed by atoms with Crippen LogP contribution in [0.15, 0.2) is 30.3 Å². The van der Waals surface area contributed by atoms with E-state index in [9.17, 15) is 0 Å². The summed E-state index contributed by atoms with van der Waals surface area (Å²) >= 11 is 0. The van der Waals surface area contributed by atoms with Crippen LogP contribution in [0.3, 0.4) is 0 Å². The average molecular weight is 262 g/mol. The highest BCUT2D eigenvalue weighted by molar-refractivity contribution is 5.18. The summed E-state index contributed by atoms with van der Waals surface area (Å²) in [6.45, 7) is 11.6. The third-order valence-electron chi connectivity index (χ3n) is 4.01. The van der Waals surface area contributed by atoms with Crippen molar-refractivity contribution in [2.75, 3.05) is 32.8 Å². The predicted octanol–water partition coefficient (Wildman–Crippen LogP) is 2.45. The fourth-order valence-corrected chi connectivity index (χ4v) is 2.54. The molecular formula is C16H26N2O. The van der Waals surface area contributed by atoms with Crippen molar-refractivity contribution in [1.29, 1.82) is 0 Å². The first-order valence-electron chi connectivity index (χ1n) is 7.21. The second-order valence-corrected chi connectivity index (χ2v) is 5.93. The van der Waals surface area contributed by atoms with Crippen LogP contribution in [0.25, 0.3) is 0 Å². The fraction of sp³-hybridized carbons (Fsp3) is 0.625. The minimum absolute atomic E-state index is 0.173. The highest BCUT2D eigenvalue weighted by atomic mass is 16.5. The van der Waals surface area contributed by atoms with Crippen molar-refractivity contribution in [2.45, 2.75) is 32.4 Å². The maximum atomic E-state index is 5.43. The molecule has 1 aliphatic heterocycles. The van der Waals surface area contributed by atoms with Gasteiger partial charge < -0.3 is 10.1 Å². The summed E-state index contributed by atoms with van der Waals surface area (Å²) in [5.74, 6) is 0. The summed E-state index contributed by atoms with van der Waals surface area (Å²) < 4.78 is 5.43. The first kappa shape index (κ1) is 14.5. The molecule has 1 aromatic carbocycles. The zero-order chi connectivity index (χ0) is 13.7. The Balaban J connectivity index is 1.86. The molecule has 1 saturated heterocycles. The number of morpholine rings is 1. The number of hydrogen-bond acceptors (Lipinski definition) is 3. The van der Waals surface area contributed by atoms with E-state index in [1.807, 2.05) is 0 Å². The smallest absolute Gasteiger partial charge is 0.0594 e. The van der Waals surface area contributed by atoms with E-state index in [0.717, 1.165) is 32.8 Å². The van der Waals surface area contributed by atoms with Gasteiger partial charge in [0.25, 0.3) is 0 Å². The Labute approximate surface area is 116 Å². The summed E-state index contributed by atoms with van der Waals surface area (Å²) in [4.78, 5) is 2.52. The third-order valence-corrected chi connectivity index (χ3v) is 4.01. The maximum Gasteiger partial charge on any atom is 0.0594 e. The van der Waals surface area contributed by atoms with Crippen molar-refractivity contribution in [3.05, 3.63) is 35.9 Å². The molecular weight excluding hydrogens is 236 g/mol. The Morgan fingerprint density at radius 1 is 1.21 bits per heavy atom. The van der Waals surface area contributed by atoms with Crippen molar-refractivity contribution in [3.8, 4) is 0 Å². The van der Waals surface area contributed by atoms with Crippen molar-refractivity contribution in [1.82, 2.24) is 10.2 Å². The lowest BCUT2D eigenvalue weighted by molar-refractivity contribution is -0.0102. The number of nitrogens with zero attached hydrogens (tertiary/aromatic N) is 1. The van der Waals surface area contributed by atoms with Gasteiger partial charge in [-0.2, -0.15) is 0 Å². The molecule has 0 saturated carbocycles. The van der Waals surface area contributed by atoms with Crippen LogP contribution in [-0.4, -0.2) is 43.3 Å². The summed E-state index contributed by atoms with van der Waals surface area (Å²) in [5.41, 5.74) is 1.52. The standard InChI is InChI=1S/C16H26N2O/c1-14(15-7-5-4-6-8-15)17-13-16(2,3)18-9-11-19-12-10-18/h4-8,14,17H,9-13H2,1-3H3. The van der Waals surface area contributed by atoms with Crippen molar-refractivity contribution >= 4 is 0 Å². The van der Waals surface area contributed by atoms with Gasteiger partial charge in [0.1, 0.15) is 0 Å². The highest BCUT2D eigenvalue weighted by Crippen LogP contribution is 2.18. The van der Waals surface area contributed by atoms with Gasteiger partial charge in [0.15, 0.2) is 0 Å². The number of nitrogens with one attached hydrogen (secondary N) is 1. The lowest BCUT2D eigenvalue weighted by Gasteiger charge is -2.41. The molecule has 1 atom stereocenters. The Hall–Kier alpha value is -0.900. The van der Waals surface area contributed by atoms with Crippen LogP contribution in [0.5, 0.6) is 0 Å². The molecule has 1 heterocycles. The van der Waals surface area contributed by atoms with E-state index < -0.39 is 0 Å². The number of ether oxygens (including phenoxy) is 1. The summed E-state index contributed by atoms with van der Waals surface area (Å²) in [7, 11) is 0. The maximum absolute atomic E-state index is 5.43. The number of benzene rings is 1.